The number of hydrogen-bond donors (Lipinski definition) is 1. The summed E-state index contributed by atoms with van der Waals surface area (Å²) in [6.07, 6.45) is 0.207. The van der Waals surface area contributed by atoms with E-state index in [1.165, 1.54) is 17.0 Å². The van der Waals surface area contributed by atoms with Gasteiger partial charge < -0.3 is 15.0 Å². The summed E-state index contributed by atoms with van der Waals surface area (Å²) in [4.78, 5) is 30.2. The van der Waals surface area contributed by atoms with Crippen LogP contribution in [0.4, 0.5) is 5.69 Å². The minimum atomic E-state index is -4.24. The van der Waals surface area contributed by atoms with Crippen LogP contribution in [0.3, 0.4) is 0 Å². The Bertz CT molecular complexity index is 1970. The predicted octanol–water partition coefficient (Wildman–Crippen LogP) is 7.88. The zero-order valence-electron chi connectivity index (χ0n) is 28.2. The molecule has 2 amide bonds. The Morgan fingerprint density at radius 1 is 0.720 bits per heavy atom. The molecule has 258 valence electrons. The molecule has 1 N–H and O–H groups in total. The van der Waals surface area contributed by atoms with Crippen LogP contribution in [-0.2, 0) is 32.6 Å². The molecule has 10 heteroatoms. The van der Waals surface area contributed by atoms with E-state index in [2.05, 4.69) is 5.32 Å². The Balaban J connectivity index is 1.56. The van der Waals surface area contributed by atoms with Gasteiger partial charge in [0, 0.05) is 23.5 Å². The highest BCUT2D eigenvalue weighted by molar-refractivity contribution is 7.92. The molecule has 0 heterocycles. The van der Waals surface area contributed by atoms with Crippen molar-refractivity contribution in [2.24, 2.45) is 0 Å². The SMILES string of the molecule is CC(C)(C)NC(=O)[C@H](Cc1ccccc1)N(Cc1ccc(Cl)cc1)C(=O)CN(c1ccc(Oc2ccccc2)cc1)S(=O)(=O)c1ccccc1. The number of sulfonamides is 1. The van der Waals surface area contributed by atoms with E-state index in [4.69, 9.17) is 16.3 Å². The Labute approximate surface area is 299 Å². The van der Waals surface area contributed by atoms with Crippen LogP contribution >= 0.6 is 11.6 Å². The fourth-order valence-corrected chi connectivity index (χ4v) is 6.91. The van der Waals surface area contributed by atoms with Gasteiger partial charge in [-0.2, -0.15) is 0 Å². The topological polar surface area (TPSA) is 96.0 Å². The number of rotatable bonds is 13. The largest absolute Gasteiger partial charge is 0.457 e. The first-order valence-electron chi connectivity index (χ1n) is 16.2. The summed E-state index contributed by atoms with van der Waals surface area (Å²) in [6, 6.07) is 39.1. The number of carbonyl (C=O) groups is 2. The number of nitrogens with one attached hydrogen (secondary N) is 1. The summed E-state index contributed by atoms with van der Waals surface area (Å²) >= 11 is 6.18. The number of amides is 2. The lowest BCUT2D eigenvalue weighted by Crippen LogP contribution is -2.56. The first-order valence-corrected chi connectivity index (χ1v) is 18.0. The average Bonchev–Trinajstić information content (AvgIpc) is 3.10. The number of benzene rings is 5. The number of ether oxygens (including phenoxy) is 1. The highest BCUT2D eigenvalue weighted by Gasteiger charge is 2.35. The second kappa shape index (κ2) is 16.1. The van der Waals surface area contributed by atoms with Crippen LogP contribution < -0.4 is 14.4 Å². The molecule has 0 bridgehead atoms. The maximum atomic E-state index is 14.7. The van der Waals surface area contributed by atoms with Crippen molar-refractivity contribution in [3.05, 3.63) is 156 Å². The van der Waals surface area contributed by atoms with E-state index in [1.807, 2.05) is 81.4 Å². The molecule has 8 nitrogen and oxygen atoms in total. The van der Waals surface area contributed by atoms with Gasteiger partial charge in [0.25, 0.3) is 10.0 Å². The van der Waals surface area contributed by atoms with E-state index in [1.54, 1.807) is 66.7 Å². The lowest BCUT2D eigenvalue weighted by atomic mass is 10.0. The fraction of sp³-hybridized carbons (Fsp3) is 0.200. The van der Waals surface area contributed by atoms with Gasteiger partial charge in [0.2, 0.25) is 11.8 Å². The normalized spacial score (nSPS) is 12.1. The standard InChI is InChI=1S/C40H40ClN3O5S/c1-40(2,3)42-39(46)37(27-30-13-7-4-8-14-30)43(28-31-19-21-32(41)22-20-31)38(45)29-44(50(47,48)36-17-11-6-12-18-36)33-23-25-35(26-24-33)49-34-15-9-5-10-16-34/h4-26,37H,27-29H2,1-3H3,(H,42,46)/t37-/m0/s1. The summed E-state index contributed by atoms with van der Waals surface area (Å²) in [6.45, 7) is 5.07. The molecule has 0 saturated carbocycles. The van der Waals surface area contributed by atoms with Gasteiger partial charge in [-0.15, -0.1) is 0 Å². The molecule has 1 atom stereocenters. The number of hydrogen-bond acceptors (Lipinski definition) is 5. The van der Waals surface area contributed by atoms with Crippen LogP contribution in [-0.4, -0.2) is 43.3 Å². The molecule has 0 unspecified atom stereocenters. The minimum absolute atomic E-state index is 0.0213. The van der Waals surface area contributed by atoms with Crippen molar-refractivity contribution in [1.29, 1.82) is 0 Å². The molecule has 0 aliphatic heterocycles. The van der Waals surface area contributed by atoms with Crippen LogP contribution in [0.15, 0.2) is 144 Å². The molecule has 0 spiro atoms. The summed E-state index contributed by atoms with van der Waals surface area (Å²) in [5, 5.41) is 3.56. The molecular weight excluding hydrogens is 670 g/mol. The van der Waals surface area contributed by atoms with Crippen LogP contribution in [0.25, 0.3) is 0 Å². The molecule has 0 fully saturated rings. The number of halogens is 1. The minimum Gasteiger partial charge on any atom is -0.457 e. The Hall–Kier alpha value is -5.12. The third-order valence-electron chi connectivity index (χ3n) is 7.75. The van der Waals surface area contributed by atoms with Crippen LogP contribution in [0.5, 0.6) is 11.5 Å². The van der Waals surface area contributed by atoms with Crippen molar-refractivity contribution in [2.45, 2.75) is 50.2 Å². The van der Waals surface area contributed by atoms with Gasteiger partial charge in [-0.3, -0.25) is 13.9 Å². The lowest BCUT2D eigenvalue weighted by Gasteiger charge is -2.35. The van der Waals surface area contributed by atoms with E-state index in [0.29, 0.717) is 16.5 Å². The third-order valence-corrected chi connectivity index (χ3v) is 9.79. The molecule has 5 aromatic carbocycles. The molecule has 5 aromatic rings. The van der Waals surface area contributed by atoms with Gasteiger partial charge in [-0.05, 0) is 92.6 Å². The molecule has 0 aliphatic carbocycles. The second-order valence-corrected chi connectivity index (χ2v) is 15.1. The molecule has 0 aromatic heterocycles. The molecule has 50 heavy (non-hydrogen) atoms. The van der Waals surface area contributed by atoms with Crippen molar-refractivity contribution in [1.82, 2.24) is 10.2 Å². The number of anilines is 1. The van der Waals surface area contributed by atoms with Gasteiger partial charge in [0.15, 0.2) is 0 Å². The third kappa shape index (κ3) is 9.74. The summed E-state index contributed by atoms with van der Waals surface area (Å²) in [5.74, 6) is 0.201. The van der Waals surface area contributed by atoms with E-state index < -0.39 is 34.1 Å². The van der Waals surface area contributed by atoms with Gasteiger partial charge >= 0.3 is 0 Å². The van der Waals surface area contributed by atoms with E-state index in [-0.39, 0.29) is 29.5 Å². The van der Waals surface area contributed by atoms with Crippen molar-refractivity contribution in [3.63, 3.8) is 0 Å². The van der Waals surface area contributed by atoms with Crippen LogP contribution in [0.1, 0.15) is 31.9 Å². The Morgan fingerprint density at radius 3 is 1.84 bits per heavy atom. The molecule has 0 saturated heterocycles. The molecule has 0 aliphatic rings. The smallest absolute Gasteiger partial charge is 0.264 e. The maximum Gasteiger partial charge on any atom is 0.264 e. The highest BCUT2D eigenvalue weighted by atomic mass is 35.5. The first kappa shape index (κ1) is 36.2. The number of nitrogens with zero attached hydrogens (tertiary/aromatic N) is 2. The first-order chi connectivity index (χ1) is 23.9. The lowest BCUT2D eigenvalue weighted by molar-refractivity contribution is -0.140. The van der Waals surface area contributed by atoms with Crippen molar-refractivity contribution in [3.8, 4) is 11.5 Å². The van der Waals surface area contributed by atoms with Crippen molar-refractivity contribution < 1.29 is 22.7 Å². The van der Waals surface area contributed by atoms with Crippen molar-refractivity contribution >= 4 is 39.1 Å². The van der Waals surface area contributed by atoms with Crippen LogP contribution in [0, 0.1) is 0 Å². The highest BCUT2D eigenvalue weighted by Crippen LogP contribution is 2.29. The van der Waals surface area contributed by atoms with E-state index >= 15 is 0 Å². The maximum absolute atomic E-state index is 14.7. The zero-order chi connectivity index (χ0) is 35.7. The zero-order valence-corrected chi connectivity index (χ0v) is 29.8. The van der Waals surface area contributed by atoms with E-state index in [0.717, 1.165) is 15.4 Å². The molecule has 5 rings (SSSR count). The quantitative estimate of drug-likeness (QED) is 0.134. The molecule has 0 radical (unpaired) electrons. The fourth-order valence-electron chi connectivity index (χ4n) is 5.35. The molecular formula is C40H40ClN3O5S. The Morgan fingerprint density at radius 2 is 1.26 bits per heavy atom. The average molecular weight is 710 g/mol. The summed E-state index contributed by atoms with van der Waals surface area (Å²) in [7, 11) is -4.24. The summed E-state index contributed by atoms with van der Waals surface area (Å²) in [5.41, 5.74) is 1.24. The van der Waals surface area contributed by atoms with Gasteiger partial charge in [-0.1, -0.05) is 90.5 Å². The number of para-hydroxylation sites is 1. The van der Waals surface area contributed by atoms with E-state index in [9.17, 15) is 18.0 Å². The Kier molecular flexibility index (Phi) is 11.6. The number of carbonyl (C=O) groups excluding carboxylic acids is 2. The van der Waals surface area contributed by atoms with Crippen LogP contribution in [0.2, 0.25) is 5.02 Å². The monoisotopic (exact) mass is 709 g/mol. The van der Waals surface area contributed by atoms with Gasteiger partial charge in [0.05, 0.1) is 10.6 Å². The second-order valence-electron chi connectivity index (χ2n) is 12.8. The predicted molar refractivity (Wildman–Crippen MR) is 198 cm³/mol. The van der Waals surface area contributed by atoms with Crippen molar-refractivity contribution in [2.75, 3.05) is 10.8 Å². The van der Waals surface area contributed by atoms with Gasteiger partial charge in [0.1, 0.15) is 24.1 Å². The summed E-state index contributed by atoms with van der Waals surface area (Å²) < 4.78 is 35.6. The van der Waals surface area contributed by atoms with Gasteiger partial charge in [-0.25, -0.2) is 8.42 Å².